The number of ether oxygens (including phenoxy) is 1. The summed E-state index contributed by atoms with van der Waals surface area (Å²) in [5.41, 5.74) is 4.43. The van der Waals surface area contributed by atoms with Crippen LogP contribution in [0, 0.1) is 0 Å². The van der Waals surface area contributed by atoms with Crippen LogP contribution in [-0.4, -0.2) is 24.4 Å². The fourth-order valence-electron chi connectivity index (χ4n) is 3.83. The second-order valence-corrected chi connectivity index (χ2v) is 8.11. The first-order valence-corrected chi connectivity index (χ1v) is 10.6. The summed E-state index contributed by atoms with van der Waals surface area (Å²) in [7, 11) is 0. The van der Waals surface area contributed by atoms with Crippen molar-refractivity contribution in [1.29, 1.82) is 0 Å². The molecular weight excluding hydrogens is 342 g/mol. The first-order chi connectivity index (χ1) is 12.8. The number of rotatable bonds is 5. The SMILES string of the molecule is O=C(Nc1cccc2c1CCCC2)c1ccccc1SC[C@@H]1CCCO1. The van der Waals surface area contributed by atoms with Gasteiger partial charge in [0.05, 0.1) is 11.7 Å². The summed E-state index contributed by atoms with van der Waals surface area (Å²) in [6.07, 6.45) is 7.20. The maximum Gasteiger partial charge on any atom is 0.256 e. The average molecular weight is 368 g/mol. The fraction of sp³-hybridized carbons (Fsp3) is 0.409. The number of amides is 1. The summed E-state index contributed by atoms with van der Waals surface area (Å²) in [4.78, 5) is 14.0. The molecule has 1 saturated heterocycles. The number of benzene rings is 2. The molecule has 1 aliphatic heterocycles. The minimum atomic E-state index is -0.0144. The number of nitrogens with one attached hydrogen (secondary N) is 1. The molecule has 0 bridgehead atoms. The third-order valence-electron chi connectivity index (χ3n) is 5.22. The van der Waals surface area contributed by atoms with Gasteiger partial charge in [-0.2, -0.15) is 0 Å². The minimum absolute atomic E-state index is 0.0144. The van der Waals surface area contributed by atoms with Crippen LogP contribution in [0.5, 0.6) is 0 Å². The standard InChI is InChI=1S/C22H25NO2S/c24-22(23-20-12-5-8-16-7-1-2-10-18(16)20)19-11-3-4-13-21(19)26-15-17-9-6-14-25-17/h3-5,8,11-13,17H,1-2,6-7,9-10,14-15H2,(H,23,24)/t17-/m0/s1. The molecule has 0 saturated carbocycles. The smallest absolute Gasteiger partial charge is 0.256 e. The first kappa shape index (κ1) is 17.6. The van der Waals surface area contributed by atoms with E-state index in [1.807, 2.05) is 30.3 Å². The largest absolute Gasteiger partial charge is 0.377 e. The summed E-state index contributed by atoms with van der Waals surface area (Å²) in [5, 5.41) is 3.17. The summed E-state index contributed by atoms with van der Waals surface area (Å²) < 4.78 is 5.71. The number of thioether (sulfide) groups is 1. The van der Waals surface area contributed by atoms with Crippen molar-refractivity contribution in [2.24, 2.45) is 0 Å². The van der Waals surface area contributed by atoms with Crippen molar-refractivity contribution in [2.45, 2.75) is 49.5 Å². The molecule has 4 heteroatoms. The topological polar surface area (TPSA) is 38.3 Å². The third-order valence-corrected chi connectivity index (χ3v) is 6.43. The van der Waals surface area contributed by atoms with Gasteiger partial charge in [-0.3, -0.25) is 4.79 Å². The zero-order valence-electron chi connectivity index (χ0n) is 15.0. The van der Waals surface area contributed by atoms with Crippen molar-refractivity contribution < 1.29 is 9.53 Å². The van der Waals surface area contributed by atoms with Gasteiger partial charge in [-0.1, -0.05) is 24.3 Å². The van der Waals surface area contributed by atoms with Crippen LogP contribution >= 0.6 is 11.8 Å². The molecule has 1 N–H and O–H groups in total. The highest BCUT2D eigenvalue weighted by Gasteiger charge is 2.19. The Morgan fingerprint density at radius 1 is 1.08 bits per heavy atom. The molecule has 0 aromatic heterocycles. The maximum absolute atomic E-state index is 13.0. The van der Waals surface area contributed by atoms with Gasteiger partial charge in [0.2, 0.25) is 0 Å². The summed E-state index contributed by atoms with van der Waals surface area (Å²) >= 11 is 1.73. The molecule has 3 nitrogen and oxygen atoms in total. The van der Waals surface area contributed by atoms with Crippen LogP contribution in [0.3, 0.4) is 0 Å². The fourth-order valence-corrected chi connectivity index (χ4v) is 4.95. The van der Waals surface area contributed by atoms with E-state index in [1.165, 1.54) is 24.0 Å². The molecule has 2 aromatic rings. The molecule has 1 aliphatic carbocycles. The summed E-state index contributed by atoms with van der Waals surface area (Å²) in [5.74, 6) is 0.893. The van der Waals surface area contributed by atoms with Crippen LogP contribution in [0.1, 0.15) is 47.2 Å². The Morgan fingerprint density at radius 3 is 2.85 bits per heavy atom. The highest BCUT2D eigenvalue weighted by Crippen LogP contribution is 2.30. The molecule has 136 valence electrons. The van der Waals surface area contributed by atoms with Crippen LogP contribution in [0.2, 0.25) is 0 Å². The molecule has 1 fully saturated rings. The number of anilines is 1. The number of fused-ring (bicyclic) bond motifs is 1. The molecule has 1 heterocycles. The van der Waals surface area contributed by atoms with E-state index in [9.17, 15) is 4.79 Å². The Hall–Kier alpha value is -1.78. The average Bonchev–Trinajstić information content (AvgIpc) is 3.20. The van der Waals surface area contributed by atoms with Crippen molar-refractivity contribution in [1.82, 2.24) is 0 Å². The highest BCUT2D eigenvalue weighted by atomic mass is 32.2. The van der Waals surface area contributed by atoms with Gasteiger partial charge in [0.15, 0.2) is 0 Å². The van der Waals surface area contributed by atoms with Crippen molar-refractivity contribution in [3.05, 3.63) is 59.2 Å². The number of carbonyl (C=O) groups excluding carboxylic acids is 1. The van der Waals surface area contributed by atoms with Gasteiger partial charge in [0.1, 0.15) is 0 Å². The van der Waals surface area contributed by atoms with Gasteiger partial charge in [0, 0.05) is 22.9 Å². The maximum atomic E-state index is 13.0. The minimum Gasteiger partial charge on any atom is -0.377 e. The molecule has 2 aromatic carbocycles. The van der Waals surface area contributed by atoms with E-state index in [0.29, 0.717) is 6.10 Å². The molecule has 4 rings (SSSR count). The highest BCUT2D eigenvalue weighted by molar-refractivity contribution is 7.99. The Balaban J connectivity index is 1.50. The lowest BCUT2D eigenvalue weighted by Crippen LogP contribution is -2.16. The van der Waals surface area contributed by atoms with Gasteiger partial charge in [-0.15, -0.1) is 11.8 Å². The second kappa shape index (κ2) is 8.28. The van der Waals surface area contributed by atoms with Crippen molar-refractivity contribution in [3.8, 4) is 0 Å². The summed E-state index contributed by atoms with van der Waals surface area (Å²) in [6, 6.07) is 14.2. The molecule has 1 atom stereocenters. The van der Waals surface area contributed by atoms with Crippen LogP contribution in [-0.2, 0) is 17.6 Å². The van der Waals surface area contributed by atoms with Crippen molar-refractivity contribution in [2.75, 3.05) is 17.7 Å². The number of aryl methyl sites for hydroxylation is 1. The van der Waals surface area contributed by atoms with E-state index in [2.05, 4.69) is 17.4 Å². The molecule has 26 heavy (non-hydrogen) atoms. The van der Waals surface area contributed by atoms with Crippen LogP contribution in [0.15, 0.2) is 47.4 Å². The van der Waals surface area contributed by atoms with E-state index >= 15 is 0 Å². The van der Waals surface area contributed by atoms with E-state index in [4.69, 9.17) is 4.74 Å². The van der Waals surface area contributed by atoms with Crippen LogP contribution < -0.4 is 5.32 Å². The number of hydrogen-bond acceptors (Lipinski definition) is 3. The Morgan fingerprint density at radius 2 is 1.96 bits per heavy atom. The third kappa shape index (κ3) is 3.97. The van der Waals surface area contributed by atoms with Crippen molar-refractivity contribution >= 4 is 23.4 Å². The monoisotopic (exact) mass is 367 g/mol. The van der Waals surface area contributed by atoms with Gasteiger partial charge in [-0.05, 0) is 67.9 Å². The lowest BCUT2D eigenvalue weighted by molar-refractivity contribution is 0.102. The second-order valence-electron chi connectivity index (χ2n) is 7.05. The molecule has 2 aliphatic rings. The molecule has 0 radical (unpaired) electrons. The van der Waals surface area contributed by atoms with Gasteiger partial charge >= 0.3 is 0 Å². The molecule has 0 spiro atoms. The lowest BCUT2D eigenvalue weighted by atomic mass is 9.90. The molecule has 1 amide bonds. The predicted octanol–water partition coefficient (Wildman–Crippen LogP) is 5.09. The molecule has 0 unspecified atom stereocenters. The van der Waals surface area contributed by atoms with E-state index < -0.39 is 0 Å². The quantitative estimate of drug-likeness (QED) is 0.748. The van der Waals surface area contributed by atoms with Gasteiger partial charge < -0.3 is 10.1 Å². The van der Waals surface area contributed by atoms with E-state index in [0.717, 1.165) is 54.2 Å². The first-order valence-electron chi connectivity index (χ1n) is 9.57. The number of carbonyl (C=O) groups is 1. The Labute approximate surface area is 159 Å². The predicted molar refractivity (Wildman–Crippen MR) is 107 cm³/mol. The molecular formula is C22H25NO2S. The van der Waals surface area contributed by atoms with Gasteiger partial charge in [0.25, 0.3) is 5.91 Å². The zero-order valence-corrected chi connectivity index (χ0v) is 15.8. The summed E-state index contributed by atoms with van der Waals surface area (Å²) in [6.45, 7) is 0.868. The Bertz CT molecular complexity index is 783. The van der Waals surface area contributed by atoms with E-state index in [1.54, 1.807) is 11.8 Å². The van der Waals surface area contributed by atoms with E-state index in [-0.39, 0.29) is 5.91 Å². The Kier molecular flexibility index (Phi) is 5.61. The zero-order chi connectivity index (χ0) is 17.8. The lowest BCUT2D eigenvalue weighted by Gasteiger charge is -2.20. The van der Waals surface area contributed by atoms with Crippen LogP contribution in [0.4, 0.5) is 5.69 Å². The van der Waals surface area contributed by atoms with Gasteiger partial charge in [-0.25, -0.2) is 0 Å². The van der Waals surface area contributed by atoms with Crippen LogP contribution in [0.25, 0.3) is 0 Å². The van der Waals surface area contributed by atoms with Crippen molar-refractivity contribution in [3.63, 3.8) is 0 Å². The number of hydrogen-bond donors (Lipinski definition) is 1. The normalized spacial score (nSPS) is 19.2.